The number of benzene rings is 1. The molecule has 2 rings (SSSR count). The number of nitrogen functional groups attached to an aromatic ring is 1. The Morgan fingerprint density at radius 3 is 2.56 bits per heavy atom. The number of alkyl halides is 2. The molecule has 0 bridgehead atoms. The van der Waals surface area contributed by atoms with E-state index in [-0.39, 0.29) is 11.5 Å². The summed E-state index contributed by atoms with van der Waals surface area (Å²) in [6, 6.07) is 5.67. The molecule has 0 saturated carbocycles. The predicted molar refractivity (Wildman–Crippen MR) is 66.6 cm³/mol. The van der Waals surface area contributed by atoms with E-state index in [0.29, 0.717) is 22.0 Å². The summed E-state index contributed by atoms with van der Waals surface area (Å²) in [5, 5.41) is 0.344. The van der Waals surface area contributed by atoms with Gasteiger partial charge in [-0.1, -0.05) is 17.7 Å². The summed E-state index contributed by atoms with van der Waals surface area (Å²) >= 11 is 5.99. The van der Waals surface area contributed by atoms with Crippen LogP contribution in [-0.4, -0.2) is 9.97 Å². The molecule has 0 aliphatic carbocycles. The second kappa shape index (κ2) is 4.86. The van der Waals surface area contributed by atoms with Crippen molar-refractivity contribution in [2.75, 3.05) is 5.73 Å². The number of hydrogen-bond acceptors (Lipinski definition) is 3. The van der Waals surface area contributed by atoms with E-state index in [2.05, 4.69) is 9.97 Å². The molecule has 1 aromatic heterocycles. The average Bonchev–Trinajstić information content (AvgIpc) is 2.27. The number of halogens is 3. The summed E-state index contributed by atoms with van der Waals surface area (Å²) in [7, 11) is 0. The van der Waals surface area contributed by atoms with Crippen LogP contribution in [0, 0.1) is 6.92 Å². The van der Waals surface area contributed by atoms with Gasteiger partial charge < -0.3 is 5.73 Å². The van der Waals surface area contributed by atoms with Crippen molar-refractivity contribution in [2.24, 2.45) is 0 Å². The fourth-order valence-corrected chi connectivity index (χ4v) is 1.82. The van der Waals surface area contributed by atoms with Gasteiger partial charge in [-0.15, -0.1) is 0 Å². The van der Waals surface area contributed by atoms with Crippen LogP contribution in [0.4, 0.5) is 14.7 Å². The van der Waals surface area contributed by atoms with Crippen molar-refractivity contribution in [2.45, 2.75) is 13.3 Å². The van der Waals surface area contributed by atoms with Crippen LogP contribution in [0.1, 0.15) is 17.7 Å². The molecule has 0 unspecified atom stereocenters. The highest BCUT2D eigenvalue weighted by Gasteiger charge is 2.13. The Balaban J connectivity index is 2.58. The SMILES string of the molecule is Cc1cc(-c2cc(C(F)F)ccc2Cl)nc(N)n1. The van der Waals surface area contributed by atoms with Crippen LogP contribution in [0.25, 0.3) is 11.3 Å². The molecule has 94 valence electrons. The van der Waals surface area contributed by atoms with E-state index < -0.39 is 6.43 Å². The van der Waals surface area contributed by atoms with Gasteiger partial charge in [-0.25, -0.2) is 18.7 Å². The van der Waals surface area contributed by atoms with E-state index >= 15 is 0 Å². The zero-order valence-electron chi connectivity index (χ0n) is 9.49. The number of hydrogen-bond donors (Lipinski definition) is 1. The molecule has 0 spiro atoms. The first-order valence-corrected chi connectivity index (χ1v) is 5.54. The van der Waals surface area contributed by atoms with E-state index in [9.17, 15) is 8.78 Å². The number of anilines is 1. The second-order valence-corrected chi connectivity index (χ2v) is 4.20. The number of aryl methyl sites for hydroxylation is 1. The van der Waals surface area contributed by atoms with Gasteiger partial charge in [0.25, 0.3) is 6.43 Å². The highest BCUT2D eigenvalue weighted by atomic mass is 35.5. The first-order chi connectivity index (χ1) is 8.47. The molecule has 0 aliphatic heterocycles. The van der Waals surface area contributed by atoms with Crippen LogP contribution in [-0.2, 0) is 0 Å². The number of nitrogens with zero attached hydrogens (tertiary/aromatic N) is 2. The first kappa shape index (κ1) is 12.7. The van der Waals surface area contributed by atoms with Gasteiger partial charge in [0.05, 0.1) is 5.69 Å². The fourth-order valence-electron chi connectivity index (χ4n) is 1.60. The first-order valence-electron chi connectivity index (χ1n) is 5.16. The van der Waals surface area contributed by atoms with Crippen LogP contribution in [0.15, 0.2) is 24.3 Å². The van der Waals surface area contributed by atoms with E-state index in [1.807, 2.05) is 0 Å². The lowest BCUT2D eigenvalue weighted by atomic mass is 10.1. The van der Waals surface area contributed by atoms with Crippen molar-refractivity contribution >= 4 is 17.5 Å². The van der Waals surface area contributed by atoms with Gasteiger partial charge in [0, 0.05) is 21.8 Å². The molecule has 2 N–H and O–H groups in total. The van der Waals surface area contributed by atoms with Crippen molar-refractivity contribution in [1.82, 2.24) is 9.97 Å². The number of rotatable bonds is 2. The smallest absolute Gasteiger partial charge is 0.263 e. The molecule has 0 radical (unpaired) electrons. The van der Waals surface area contributed by atoms with Gasteiger partial charge in [0.15, 0.2) is 0 Å². The van der Waals surface area contributed by atoms with Crippen molar-refractivity contribution < 1.29 is 8.78 Å². The van der Waals surface area contributed by atoms with Crippen molar-refractivity contribution in [3.05, 3.63) is 40.5 Å². The minimum Gasteiger partial charge on any atom is -0.368 e. The van der Waals surface area contributed by atoms with Gasteiger partial charge in [-0.05, 0) is 25.1 Å². The predicted octanol–water partition coefficient (Wildman–Crippen LogP) is 3.63. The summed E-state index contributed by atoms with van der Waals surface area (Å²) in [4.78, 5) is 7.93. The Morgan fingerprint density at radius 1 is 1.22 bits per heavy atom. The molecular weight excluding hydrogens is 260 g/mol. The van der Waals surface area contributed by atoms with E-state index in [4.69, 9.17) is 17.3 Å². The van der Waals surface area contributed by atoms with Crippen LogP contribution >= 0.6 is 11.6 Å². The third-order valence-corrected chi connectivity index (χ3v) is 2.72. The van der Waals surface area contributed by atoms with Crippen LogP contribution in [0.5, 0.6) is 0 Å². The second-order valence-electron chi connectivity index (χ2n) is 3.79. The maximum absolute atomic E-state index is 12.7. The molecule has 6 heteroatoms. The quantitative estimate of drug-likeness (QED) is 0.906. The Kier molecular flexibility index (Phi) is 3.43. The Hall–Kier alpha value is -1.75. The average molecular weight is 270 g/mol. The third-order valence-electron chi connectivity index (χ3n) is 2.39. The van der Waals surface area contributed by atoms with E-state index in [1.54, 1.807) is 13.0 Å². The molecule has 0 amide bonds. The molecule has 1 heterocycles. The zero-order chi connectivity index (χ0) is 13.3. The molecule has 2 aromatic rings. The standard InChI is InChI=1S/C12H10ClF2N3/c1-6-4-10(18-12(16)17-6)8-5-7(11(14)15)2-3-9(8)13/h2-5,11H,1H3,(H2,16,17,18). The molecule has 1 aromatic carbocycles. The minimum absolute atomic E-state index is 0.0866. The summed E-state index contributed by atoms with van der Waals surface area (Å²) in [6.07, 6.45) is -2.55. The maximum Gasteiger partial charge on any atom is 0.263 e. The molecule has 3 nitrogen and oxygen atoms in total. The highest BCUT2D eigenvalue weighted by molar-refractivity contribution is 6.33. The van der Waals surface area contributed by atoms with Crippen molar-refractivity contribution in [3.63, 3.8) is 0 Å². The topological polar surface area (TPSA) is 51.8 Å². The summed E-state index contributed by atoms with van der Waals surface area (Å²) in [5.41, 5.74) is 6.93. The fraction of sp³-hybridized carbons (Fsp3) is 0.167. The maximum atomic E-state index is 12.7. The normalized spacial score (nSPS) is 10.9. The van der Waals surface area contributed by atoms with E-state index in [0.717, 1.165) is 0 Å². The Morgan fingerprint density at radius 2 is 1.94 bits per heavy atom. The summed E-state index contributed by atoms with van der Waals surface area (Å²) in [5.74, 6) is 0.0866. The van der Waals surface area contributed by atoms with Crippen LogP contribution in [0.3, 0.4) is 0 Å². The lowest BCUT2D eigenvalue weighted by Gasteiger charge is -2.08. The van der Waals surface area contributed by atoms with Gasteiger partial charge in [-0.3, -0.25) is 0 Å². The summed E-state index contributed by atoms with van der Waals surface area (Å²) in [6.45, 7) is 1.74. The minimum atomic E-state index is -2.55. The van der Waals surface area contributed by atoms with Crippen LogP contribution in [0.2, 0.25) is 5.02 Å². The lowest BCUT2D eigenvalue weighted by molar-refractivity contribution is 0.151. The summed E-state index contributed by atoms with van der Waals surface area (Å²) < 4.78 is 25.3. The van der Waals surface area contributed by atoms with Crippen LogP contribution < -0.4 is 5.73 Å². The molecule has 0 aliphatic rings. The third kappa shape index (κ3) is 2.56. The molecule has 18 heavy (non-hydrogen) atoms. The molecule has 0 atom stereocenters. The van der Waals surface area contributed by atoms with Gasteiger partial charge >= 0.3 is 0 Å². The molecule has 0 fully saturated rings. The lowest BCUT2D eigenvalue weighted by Crippen LogP contribution is -1.99. The van der Waals surface area contributed by atoms with Gasteiger partial charge in [0.1, 0.15) is 0 Å². The number of nitrogens with two attached hydrogens (primary N) is 1. The van der Waals surface area contributed by atoms with Gasteiger partial charge in [0.2, 0.25) is 5.95 Å². The van der Waals surface area contributed by atoms with Crippen molar-refractivity contribution in [1.29, 1.82) is 0 Å². The van der Waals surface area contributed by atoms with Crippen molar-refractivity contribution in [3.8, 4) is 11.3 Å². The molecular formula is C12H10ClF2N3. The largest absolute Gasteiger partial charge is 0.368 e. The monoisotopic (exact) mass is 269 g/mol. The highest BCUT2D eigenvalue weighted by Crippen LogP contribution is 2.31. The number of aromatic nitrogens is 2. The Bertz CT molecular complexity index is 567. The molecule has 0 saturated heterocycles. The zero-order valence-corrected chi connectivity index (χ0v) is 10.2. The Labute approximate surface area is 108 Å². The van der Waals surface area contributed by atoms with Gasteiger partial charge in [-0.2, -0.15) is 0 Å². The van der Waals surface area contributed by atoms with E-state index in [1.165, 1.54) is 18.2 Å².